The Kier molecular flexibility index (Phi) is 4.49. The summed E-state index contributed by atoms with van der Waals surface area (Å²) in [6.45, 7) is 6.68. The fourth-order valence-electron chi connectivity index (χ4n) is 1.21. The third-order valence-electron chi connectivity index (χ3n) is 2.43. The molecule has 0 unspecified atom stereocenters. The van der Waals surface area contributed by atoms with Crippen LogP contribution in [0.15, 0.2) is 10.6 Å². The van der Waals surface area contributed by atoms with Gasteiger partial charge in [-0.3, -0.25) is 4.79 Å². The molecule has 0 saturated heterocycles. The summed E-state index contributed by atoms with van der Waals surface area (Å²) in [6, 6.07) is 2.08. The normalized spacial score (nSPS) is 10.8. The summed E-state index contributed by atoms with van der Waals surface area (Å²) < 4.78 is 4.92. The highest BCUT2D eigenvalue weighted by Gasteiger charge is 2.11. The lowest BCUT2D eigenvalue weighted by molar-refractivity contribution is -0.130. The maximum atomic E-state index is 11.6. The summed E-state index contributed by atoms with van der Waals surface area (Å²) in [6.07, 6.45) is 0. The van der Waals surface area contributed by atoms with E-state index in [9.17, 15) is 4.79 Å². The molecule has 5 nitrogen and oxygen atoms in total. The molecular formula is C11H19N3O2. The topological polar surface area (TPSA) is 58.4 Å². The molecule has 5 heteroatoms. The number of nitrogens with zero attached hydrogens (tertiary/aromatic N) is 2. The zero-order valence-corrected chi connectivity index (χ0v) is 10.3. The van der Waals surface area contributed by atoms with Crippen LogP contribution in [0.2, 0.25) is 0 Å². The van der Waals surface area contributed by atoms with E-state index in [1.807, 2.05) is 26.8 Å². The van der Waals surface area contributed by atoms with E-state index in [0.29, 0.717) is 13.1 Å². The summed E-state index contributed by atoms with van der Waals surface area (Å²) >= 11 is 0. The van der Waals surface area contributed by atoms with Gasteiger partial charge in [0.15, 0.2) is 0 Å². The van der Waals surface area contributed by atoms with Crippen molar-refractivity contribution in [1.82, 2.24) is 15.4 Å². The quantitative estimate of drug-likeness (QED) is 0.810. The van der Waals surface area contributed by atoms with Gasteiger partial charge in [-0.05, 0) is 20.8 Å². The Morgan fingerprint density at radius 3 is 2.81 bits per heavy atom. The van der Waals surface area contributed by atoms with Crippen LogP contribution in [0, 0.1) is 6.92 Å². The molecule has 0 spiro atoms. The van der Waals surface area contributed by atoms with Gasteiger partial charge in [0.1, 0.15) is 5.76 Å². The predicted molar refractivity (Wildman–Crippen MR) is 60.9 cm³/mol. The van der Waals surface area contributed by atoms with Crippen LogP contribution in [0.5, 0.6) is 0 Å². The lowest BCUT2D eigenvalue weighted by Crippen LogP contribution is -2.39. The van der Waals surface area contributed by atoms with Gasteiger partial charge in [-0.25, -0.2) is 0 Å². The van der Waals surface area contributed by atoms with Crippen molar-refractivity contribution in [2.45, 2.75) is 33.4 Å². The van der Waals surface area contributed by atoms with E-state index in [4.69, 9.17) is 4.52 Å². The van der Waals surface area contributed by atoms with E-state index in [1.165, 1.54) is 0 Å². The number of aryl methyl sites for hydroxylation is 1. The van der Waals surface area contributed by atoms with E-state index >= 15 is 0 Å². The fourth-order valence-corrected chi connectivity index (χ4v) is 1.21. The van der Waals surface area contributed by atoms with Crippen molar-refractivity contribution in [1.29, 1.82) is 0 Å². The molecule has 90 valence electrons. The first-order valence-corrected chi connectivity index (χ1v) is 5.39. The van der Waals surface area contributed by atoms with Crippen LogP contribution in [-0.2, 0) is 11.3 Å². The van der Waals surface area contributed by atoms with Crippen molar-refractivity contribution in [2.24, 2.45) is 0 Å². The molecule has 0 saturated carbocycles. The minimum atomic E-state index is 0.0789. The molecule has 1 N–H and O–H groups in total. The third-order valence-corrected chi connectivity index (χ3v) is 2.43. The van der Waals surface area contributed by atoms with E-state index in [1.54, 1.807) is 11.9 Å². The molecule has 0 atom stereocenters. The Hall–Kier alpha value is -1.36. The van der Waals surface area contributed by atoms with Gasteiger partial charge in [0.2, 0.25) is 5.91 Å². The monoisotopic (exact) mass is 225 g/mol. The number of hydrogen-bond donors (Lipinski definition) is 1. The zero-order valence-electron chi connectivity index (χ0n) is 10.3. The fraction of sp³-hybridized carbons (Fsp3) is 0.636. The van der Waals surface area contributed by atoms with Gasteiger partial charge >= 0.3 is 0 Å². The van der Waals surface area contributed by atoms with Crippen LogP contribution >= 0.6 is 0 Å². The Morgan fingerprint density at radius 2 is 2.31 bits per heavy atom. The highest BCUT2D eigenvalue weighted by atomic mass is 16.5. The summed E-state index contributed by atoms with van der Waals surface area (Å²) in [5.74, 6) is 0.859. The minimum Gasteiger partial charge on any atom is -0.361 e. The molecule has 0 aliphatic heterocycles. The van der Waals surface area contributed by atoms with Crippen LogP contribution in [-0.4, -0.2) is 35.6 Å². The molecule has 1 heterocycles. The van der Waals surface area contributed by atoms with Crippen LogP contribution in [0.3, 0.4) is 0 Å². The third kappa shape index (κ3) is 3.66. The van der Waals surface area contributed by atoms with Gasteiger partial charge in [0.25, 0.3) is 0 Å². The van der Waals surface area contributed by atoms with Gasteiger partial charge in [0.05, 0.1) is 12.2 Å². The average Bonchev–Trinajstić information content (AvgIpc) is 2.62. The number of aromatic nitrogens is 1. The molecule has 1 aromatic rings. The smallest absolute Gasteiger partial charge is 0.236 e. The maximum absolute atomic E-state index is 11.6. The molecular weight excluding hydrogens is 206 g/mol. The number of carbonyl (C=O) groups is 1. The van der Waals surface area contributed by atoms with E-state index in [2.05, 4.69) is 10.5 Å². The molecule has 1 amide bonds. The van der Waals surface area contributed by atoms with Crippen LogP contribution in [0.25, 0.3) is 0 Å². The molecule has 16 heavy (non-hydrogen) atoms. The SMILES string of the molecule is Cc1cc(CNCC(=O)N(C)C(C)C)no1. The van der Waals surface area contributed by atoms with E-state index < -0.39 is 0 Å². The summed E-state index contributed by atoms with van der Waals surface area (Å²) in [7, 11) is 1.80. The minimum absolute atomic E-state index is 0.0789. The van der Waals surface area contributed by atoms with Crippen LogP contribution in [0.1, 0.15) is 25.3 Å². The van der Waals surface area contributed by atoms with Gasteiger partial charge in [-0.1, -0.05) is 5.16 Å². The standard InChI is InChI=1S/C11H19N3O2/c1-8(2)14(4)11(15)7-12-6-10-5-9(3)16-13-10/h5,8,12H,6-7H2,1-4H3. The highest BCUT2D eigenvalue weighted by molar-refractivity contribution is 5.78. The lowest BCUT2D eigenvalue weighted by Gasteiger charge is -2.21. The molecule has 0 aliphatic carbocycles. The number of amides is 1. The lowest BCUT2D eigenvalue weighted by atomic mass is 10.3. The average molecular weight is 225 g/mol. The Balaban J connectivity index is 2.28. The molecule has 0 radical (unpaired) electrons. The molecule has 1 aromatic heterocycles. The number of rotatable bonds is 5. The number of nitrogens with one attached hydrogen (secondary N) is 1. The van der Waals surface area contributed by atoms with Crippen molar-refractivity contribution in [3.05, 3.63) is 17.5 Å². The molecule has 0 aliphatic rings. The summed E-state index contributed by atoms with van der Waals surface area (Å²) in [5.41, 5.74) is 0.817. The number of likely N-dealkylation sites (N-methyl/N-ethyl adjacent to an activating group) is 1. The van der Waals surface area contributed by atoms with Gasteiger partial charge in [0, 0.05) is 25.7 Å². The number of hydrogen-bond acceptors (Lipinski definition) is 4. The van der Waals surface area contributed by atoms with Gasteiger partial charge in [-0.15, -0.1) is 0 Å². The summed E-state index contributed by atoms with van der Waals surface area (Å²) in [5, 5.41) is 6.87. The predicted octanol–water partition coefficient (Wildman–Crippen LogP) is 0.939. The maximum Gasteiger partial charge on any atom is 0.236 e. The van der Waals surface area contributed by atoms with Crippen molar-refractivity contribution in [2.75, 3.05) is 13.6 Å². The van der Waals surface area contributed by atoms with E-state index in [0.717, 1.165) is 11.5 Å². The van der Waals surface area contributed by atoms with E-state index in [-0.39, 0.29) is 11.9 Å². The van der Waals surface area contributed by atoms with Gasteiger partial charge in [-0.2, -0.15) is 0 Å². The molecule has 0 aromatic carbocycles. The van der Waals surface area contributed by atoms with Crippen LogP contribution < -0.4 is 5.32 Å². The van der Waals surface area contributed by atoms with Gasteiger partial charge < -0.3 is 14.7 Å². The van der Waals surface area contributed by atoms with Crippen LogP contribution in [0.4, 0.5) is 0 Å². The highest BCUT2D eigenvalue weighted by Crippen LogP contribution is 2.00. The molecule has 0 bridgehead atoms. The second-order valence-electron chi connectivity index (χ2n) is 4.13. The second kappa shape index (κ2) is 5.65. The second-order valence-corrected chi connectivity index (χ2v) is 4.13. The Labute approximate surface area is 95.8 Å². The largest absolute Gasteiger partial charge is 0.361 e. The number of carbonyl (C=O) groups excluding carboxylic acids is 1. The zero-order chi connectivity index (χ0) is 12.1. The molecule has 0 fully saturated rings. The first kappa shape index (κ1) is 12.7. The van der Waals surface area contributed by atoms with Crippen molar-refractivity contribution in [3.63, 3.8) is 0 Å². The Bertz CT molecular complexity index is 347. The first-order chi connectivity index (χ1) is 7.50. The van der Waals surface area contributed by atoms with Crippen molar-refractivity contribution in [3.8, 4) is 0 Å². The molecule has 1 rings (SSSR count). The van der Waals surface area contributed by atoms with Crippen molar-refractivity contribution >= 4 is 5.91 Å². The first-order valence-electron chi connectivity index (χ1n) is 5.39. The Morgan fingerprint density at radius 1 is 1.62 bits per heavy atom. The van der Waals surface area contributed by atoms with Crippen molar-refractivity contribution < 1.29 is 9.32 Å². The summed E-state index contributed by atoms with van der Waals surface area (Å²) in [4.78, 5) is 13.3.